The number of amides is 1. The Hall–Kier alpha value is -4.27. The first-order valence-electron chi connectivity index (χ1n) is 12.1. The van der Waals surface area contributed by atoms with E-state index >= 15 is 4.39 Å². The molecule has 210 valence electrons. The topological polar surface area (TPSA) is 174 Å². The maximum absolute atomic E-state index is 15.1. The first-order chi connectivity index (χ1) is 18.9. The third-order valence-electron chi connectivity index (χ3n) is 7.31. The number of aromatic nitrogens is 1. The standard InChI is InChI=1S/C26H27FN6O6S/c1-25(20-11-16(3-9-21(20)27)30-23(34)22-10-8-19(39-2)12-29-22)15-40(37,38)26(24(28)31-25)13-32(14-26)17-4-6-18(7-5-17)33(35)36/h3-12,37-38H,13-15H2,1-2H3,(H2,28,31)(H,30,34). The van der Waals surface area contributed by atoms with Crippen LogP contribution in [0.4, 0.5) is 21.5 Å². The predicted octanol–water partition coefficient (Wildman–Crippen LogP) is 4.20. The lowest BCUT2D eigenvalue weighted by Crippen LogP contribution is -2.76. The van der Waals surface area contributed by atoms with Crippen LogP contribution in [0.5, 0.6) is 5.75 Å². The maximum Gasteiger partial charge on any atom is 0.274 e. The number of carbonyl (C=O) groups is 1. The second-order valence-corrected chi connectivity index (χ2v) is 12.4. The summed E-state index contributed by atoms with van der Waals surface area (Å²) in [4.78, 5) is 28.9. The number of nitro groups is 1. The van der Waals surface area contributed by atoms with Gasteiger partial charge >= 0.3 is 0 Å². The Kier molecular flexibility index (Phi) is 6.64. The highest BCUT2D eigenvalue weighted by Gasteiger charge is 2.62. The van der Waals surface area contributed by atoms with Crippen molar-refractivity contribution in [3.05, 3.63) is 88.0 Å². The van der Waals surface area contributed by atoms with Crippen LogP contribution in [0, 0.1) is 21.3 Å². The van der Waals surface area contributed by atoms with Crippen molar-refractivity contribution in [3.8, 4) is 5.75 Å². The van der Waals surface area contributed by atoms with Gasteiger partial charge in [0.25, 0.3) is 11.6 Å². The first-order valence-corrected chi connectivity index (χ1v) is 13.8. The molecule has 1 unspecified atom stereocenters. The second kappa shape index (κ2) is 9.73. The summed E-state index contributed by atoms with van der Waals surface area (Å²) in [5.41, 5.74) is -0.343. The van der Waals surface area contributed by atoms with Gasteiger partial charge in [0.2, 0.25) is 0 Å². The molecule has 0 aliphatic carbocycles. The minimum absolute atomic E-state index is 0.0547. The number of nitrogens with one attached hydrogen (secondary N) is 3. The van der Waals surface area contributed by atoms with Crippen LogP contribution < -0.4 is 20.3 Å². The van der Waals surface area contributed by atoms with Crippen LogP contribution in [-0.2, 0) is 5.54 Å². The molecule has 2 aromatic carbocycles. The van der Waals surface area contributed by atoms with E-state index in [4.69, 9.17) is 10.1 Å². The van der Waals surface area contributed by atoms with E-state index in [1.807, 2.05) is 0 Å². The second-order valence-electron chi connectivity index (χ2n) is 10.00. The Morgan fingerprint density at radius 2 is 1.93 bits per heavy atom. The molecule has 2 fully saturated rings. The van der Waals surface area contributed by atoms with Crippen LogP contribution in [0.25, 0.3) is 0 Å². The highest BCUT2D eigenvalue weighted by molar-refractivity contribution is 8.26. The van der Waals surface area contributed by atoms with Crippen molar-refractivity contribution in [1.82, 2.24) is 10.3 Å². The van der Waals surface area contributed by atoms with Crippen LogP contribution >= 0.6 is 10.6 Å². The summed E-state index contributed by atoms with van der Waals surface area (Å²) >= 11 is 0. The smallest absolute Gasteiger partial charge is 0.274 e. The van der Waals surface area contributed by atoms with Crippen molar-refractivity contribution in [3.63, 3.8) is 0 Å². The number of halogens is 1. The van der Waals surface area contributed by atoms with Gasteiger partial charge in [-0.15, -0.1) is 0 Å². The molecule has 1 atom stereocenters. The zero-order valence-corrected chi connectivity index (χ0v) is 22.4. The minimum Gasteiger partial charge on any atom is -0.495 e. The summed E-state index contributed by atoms with van der Waals surface area (Å²) in [6, 6.07) is 12.9. The van der Waals surface area contributed by atoms with Crippen molar-refractivity contribution >= 4 is 39.4 Å². The number of benzene rings is 2. The van der Waals surface area contributed by atoms with Crippen molar-refractivity contribution in [1.29, 1.82) is 5.41 Å². The van der Waals surface area contributed by atoms with E-state index in [-0.39, 0.29) is 47.3 Å². The highest BCUT2D eigenvalue weighted by atomic mass is 32.3. The van der Waals surface area contributed by atoms with Gasteiger partial charge in [-0.2, -0.15) is 10.6 Å². The molecule has 40 heavy (non-hydrogen) atoms. The molecule has 14 heteroatoms. The molecule has 2 saturated heterocycles. The van der Waals surface area contributed by atoms with E-state index < -0.39 is 37.5 Å². The van der Waals surface area contributed by atoms with Crippen LogP contribution in [0.15, 0.2) is 60.8 Å². The molecular formula is C26H27FN6O6S. The SMILES string of the molecule is COc1ccc(C(=O)Nc2ccc(F)c(C3(C)CS(O)(O)C4(CN(c5ccc([N+](=O)[O-])cc5)C4)C(=N)N3)c2)nc1. The normalized spacial score (nSPS) is 21.6. The fourth-order valence-electron chi connectivity index (χ4n) is 5.03. The molecule has 5 rings (SSSR count). The number of pyridine rings is 1. The van der Waals surface area contributed by atoms with Gasteiger partial charge in [-0.25, -0.2) is 9.37 Å². The quantitative estimate of drug-likeness (QED) is 0.215. The van der Waals surface area contributed by atoms with E-state index in [9.17, 15) is 24.0 Å². The average Bonchev–Trinajstić information content (AvgIpc) is 2.88. The first kappa shape index (κ1) is 27.3. The van der Waals surface area contributed by atoms with Gasteiger partial charge in [0.05, 0.1) is 42.6 Å². The summed E-state index contributed by atoms with van der Waals surface area (Å²) in [6.45, 7) is 1.77. The number of nitrogens with zero attached hydrogens (tertiary/aromatic N) is 3. The molecule has 3 heterocycles. The number of nitro benzene ring substituents is 1. The van der Waals surface area contributed by atoms with Crippen LogP contribution in [0.1, 0.15) is 23.0 Å². The fraction of sp³-hybridized carbons (Fsp3) is 0.269. The van der Waals surface area contributed by atoms with E-state index in [2.05, 4.69) is 15.6 Å². The van der Waals surface area contributed by atoms with E-state index in [1.54, 1.807) is 30.0 Å². The molecule has 0 radical (unpaired) electrons. The Labute approximate surface area is 230 Å². The zero-order valence-electron chi connectivity index (χ0n) is 21.6. The minimum atomic E-state index is -3.47. The third kappa shape index (κ3) is 4.59. The number of hydrogen-bond acceptors (Lipinski definition) is 9. The lowest BCUT2D eigenvalue weighted by atomic mass is 9.88. The van der Waals surface area contributed by atoms with Gasteiger partial charge in [-0.3, -0.25) is 29.4 Å². The Balaban J connectivity index is 1.34. The van der Waals surface area contributed by atoms with Gasteiger partial charge in [0.1, 0.15) is 23.1 Å². The van der Waals surface area contributed by atoms with E-state index in [0.717, 1.165) is 0 Å². The van der Waals surface area contributed by atoms with Crippen LogP contribution in [0.3, 0.4) is 0 Å². The molecular weight excluding hydrogens is 543 g/mol. The predicted molar refractivity (Wildman–Crippen MR) is 149 cm³/mol. The van der Waals surface area contributed by atoms with E-state index in [1.165, 1.54) is 49.7 Å². The Morgan fingerprint density at radius 1 is 1.23 bits per heavy atom. The summed E-state index contributed by atoms with van der Waals surface area (Å²) in [7, 11) is -1.99. The molecule has 1 spiro atoms. The summed E-state index contributed by atoms with van der Waals surface area (Å²) < 4.78 is 41.5. The molecule has 2 aliphatic rings. The van der Waals surface area contributed by atoms with Gasteiger partial charge in [0.15, 0.2) is 4.75 Å². The number of carbonyl (C=O) groups excluding carboxylic acids is 1. The number of amidine groups is 1. The number of hydrogen-bond donors (Lipinski definition) is 5. The van der Waals surface area contributed by atoms with Crippen molar-refractivity contribution in [2.45, 2.75) is 17.2 Å². The molecule has 3 aromatic rings. The number of ether oxygens (including phenoxy) is 1. The van der Waals surface area contributed by atoms with Crippen molar-refractivity contribution in [2.24, 2.45) is 0 Å². The van der Waals surface area contributed by atoms with Crippen LogP contribution in [-0.4, -0.2) is 61.5 Å². The summed E-state index contributed by atoms with van der Waals surface area (Å²) in [6.07, 6.45) is 1.40. The van der Waals surface area contributed by atoms with Gasteiger partial charge in [0, 0.05) is 29.1 Å². The average molecular weight is 571 g/mol. The van der Waals surface area contributed by atoms with Crippen LogP contribution in [0.2, 0.25) is 0 Å². The number of non-ortho nitro benzene ring substituents is 1. The lowest BCUT2D eigenvalue weighted by Gasteiger charge is -2.65. The van der Waals surface area contributed by atoms with Gasteiger partial charge in [-0.1, -0.05) is 0 Å². The van der Waals surface area contributed by atoms with Gasteiger partial charge < -0.3 is 20.3 Å². The summed E-state index contributed by atoms with van der Waals surface area (Å²) in [5, 5.41) is 25.4. The van der Waals surface area contributed by atoms with Crippen molar-refractivity contribution in [2.75, 3.05) is 36.2 Å². The number of methoxy groups -OCH3 is 1. The Morgan fingerprint density at radius 3 is 2.50 bits per heavy atom. The number of anilines is 2. The fourth-order valence-corrected chi connectivity index (χ4v) is 7.45. The lowest BCUT2D eigenvalue weighted by molar-refractivity contribution is -0.384. The van der Waals surface area contributed by atoms with Gasteiger partial charge in [-0.05, 0) is 49.4 Å². The molecule has 0 saturated carbocycles. The third-order valence-corrected chi connectivity index (χ3v) is 10.0. The Bertz CT molecular complexity index is 1500. The monoisotopic (exact) mass is 570 g/mol. The van der Waals surface area contributed by atoms with E-state index in [0.29, 0.717) is 11.4 Å². The summed E-state index contributed by atoms with van der Waals surface area (Å²) in [5.74, 6) is -1.10. The maximum atomic E-state index is 15.1. The molecule has 0 bridgehead atoms. The molecule has 12 nitrogen and oxygen atoms in total. The number of rotatable bonds is 6. The molecule has 5 N–H and O–H groups in total. The molecule has 2 aliphatic heterocycles. The molecule has 1 amide bonds. The highest BCUT2D eigenvalue weighted by Crippen LogP contribution is 2.62. The largest absolute Gasteiger partial charge is 0.495 e. The molecule has 1 aromatic heterocycles. The van der Waals surface area contributed by atoms with Crippen molar-refractivity contribution < 1.29 is 28.0 Å². The zero-order chi connectivity index (χ0) is 28.9.